The Morgan fingerprint density at radius 1 is 1.35 bits per heavy atom. The minimum absolute atomic E-state index is 0.0178. The van der Waals surface area contributed by atoms with Crippen molar-refractivity contribution in [2.75, 3.05) is 37.5 Å². The Hall–Kier alpha value is -1.65. The van der Waals surface area contributed by atoms with Crippen LogP contribution in [0.5, 0.6) is 5.75 Å². The Kier molecular flexibility index (Phi) is 6.30. The van der Waals surface area contributed by atoms with E-state index in [0.717, 1.165) is 4.31 Å². The van der Waals surface area contributed by atoms with Gasteiger partial charge in [-0.25, -0.2) is 21.1 Å². The number of sulfonamides is 1. The molecule has 0 bridgehead atoms. The number of benzene rings is 1. The molecule has 0 radical (unpaired) electrons. The van der Waals surface area contributed by atoms with E-state index < -0.39 is 19.9 Å². The van der Waals surface area contributed by atoms with Crippen LogP contribution in [0.1, 0.15) is 19.8 Å². The fourth-order valence-corrected chi connectivity index (χ4v) is 5.68. The summed E-state index contributed by atoms with van der Waals surface area (Å²) in [5, 5.41) is 2.64. The van der Waals surface area contributed by atoms with Gasteiger partial charge in [-0.1, -0.05) is 0 Å². The van der Waals surface area contributed by atoms with Gasteiger partial charge in [0, 0.05) is 26.2 Å². The lowest BCUT2D eigenvalue weighted by Gasteiger charge is -2.17. The molecule has 1 atom stereocenters. The van der Waals surface area contributed by atoms with E-state index in [1.807, 2.05) is 0 Å². The summed E-state index contributed by atoms with van der Waals surface area (Å²) in [6, 6.07) is 4.40. The van der Waals surface area contributed by atoms with Gasteiger partial charge in [-0.3, -0.25) is 4.79 Å². The minimum atomic E-state index is -3.75. The van der Waals surface area contributed by atoms with Crippen LogP contribution in [0.25, 0.3) is 0 Å². The predicted octanol–water partition coefficient (Wildman–Crippen LogP) is 1.10. The number of carbonyl (C=O) groups is 1. The van der Waals surface area contributed by atoms with Crippen LogP contribution in [-0.2, 0) is 24.7 Å². The zero-order valence-corrected chi connectivity index (χ0v) is 16.7. The Bertz CT molecular complexity index is 878. The third kappa shape index (κ3) is 4.95. The maximum absolute atomic E-state index is 12.5. The molecule has 1 fully saturated rings. The van der Waals surface area contributed by atoms with Crippen molar-refractivity contribution in [2.45, 2.75) is 24.7 Å². The Morgan fingerprint density at radius 2 is 2.04 bits per heavy atom. The maximum atomic E-state index is 12.5. The molecule has 0 aromatic heterocycles. The van der Waals surface area contributed by atoms with Gasteiger partial charge in [0.15, 0.2) is 9.84 Å². The van der Waals surface area contributed by atoms with E-state index in [9.17, 15) is 21.6 Å². The van der Waals surface area contributed by atoms with Gasteiger partial charge in [0.2, 0.25) is 15.9 Å². The fourth-order valence-electron chi connectivity index (χ4n) is 2.77. The summed E-state index contributed by atoms with van der Waals surface area (Å²) in [7, 11) is -3.96. The van der Waals surface area contributed by atoms with E-state index in [1.165, 1.54) is 26.2 Å². The van der Waals surface area contributed by atoms with Crippen LogP contribution < -0.4 is 10.1 Å². The summed E-state index contributed by atoms with van der Waals surface area (Å²) in [5.41, 5.74) is 0.319. The van der Waals surface area contributed by atoms with Crippen LogP contribution in [-0.4, -0.2) is 59.3 Å². The predicted molar refractivity (Wildman–Crippen MR) is 98.5 cm³/mol. The molecule has 26 heavy (non-hydrogen) atoms. The third-order valence-electron chi connectivity index (χ3n) is 4.09. The van der Waals surface area contributed by atoms with Gasteiger partial charge in [0.1, 0.15) is 10.6 Å². The molecule has 1 heterocycles. The number of sulfone groups is 1. The summed E-state index contributed by atoms with van der Waals surface area (Å²) in [6.07, 6.45) is 0.557. The minimum Gasteiger partial charge on any atom is -0.492 e. The lowest BCUT2D eigenvalue weighted by atomic mass is 10.1. The van der Waals surface area contributed by atoms with Crippen LogP contribution in [0.15, 0.2) is 23.1 Å². The van der Waals surface area contributed by atoms with Crippen molar-refractivity contribution < 1.29 is 26.4 Å². The number of ether oxygens (including phenoxy) is 1. The normalized spacial score (nSPS) is 19.5. The number of rotatable bonds is 7. The number of carbonyl (C=O) groups excluding carboxylic acids is 1. The maximum Gasteiger partial charge on any atom is 0.246 e. The molecule has 10 heteroatoms. The molecular formula is C16H24N2O6S2. The summed E-state index contributed by atoms with van der Waals surface area (Å²) in [5.74, 6) is -0.207. The van der Waals surface area contributed by atoms with Crippen molar-refractivity contribution in [3.05, 3.63) is 18.2 Å². The summed E-state index contributed by atoms with van der Waals surface area (Å²) in [4.78, 5) is 12.2. The zero-order chi connectivity index (χ0) is 19.5. The van der Waals surface area contributed by atoms with Gasteiger partial charge in [0.25, 0.3) is 0 Å². The van der Waals surface area contributed by atoms with E-state index in [-0.39, 0.29) is 40.4 Å². The number of hydrogen-bond donors (Lipinski definition) is 1. The largest absolute Gasteiger partial charge is 0.492 e. The van der Waals surface area contributed by atoms with Crippen molar-refractivity contribution in [1.82, 2.24) is 4.31 Å². The van der Waals surface area contributed by atoms with Crippen LogP contribution >= 0.6 is 0 Å². The van der Waals surface area contributed by atoms with Crippen molar-refractivity contribution in [2.24, 2.45) is 5.92 Å². The highest BCUT2D eigenvalue weighted by Gasteiger charge is 2.29. The first-order valence-electron chi connectivity index (χ1n) is 8.25. The smallest absolute Gasteiger partial charge is 0.246 e. The van der Waals surface area contributed by atoms with Gasteiger partial charge in [-0.05, 0) is 37.5 Å². The van der Waals surface area contributed by atoms with Gasteiger partial charge < -0.3 is 10.1 Å². The number of nitrogens with zero attached hydrogens (tertiary/aromatic N) is 1. The first-order chi connectivity index (χ1) is 12.0. The molecule has 1 aliphatic rings. The topological polar surface area (TPSA) is 110 Å². The molecule has 146 valence electrons. The molecule has 1 aromatic rings. The van der Waals surface area contributed by atoms with E-state index in [4.69, 9.17) is 4.74 Å². The number of nitrogens with one attached hydrogen (secondary N) is 1. The van der Waals surface area contributed by atoms with E-state index >= 15 is 0 Å². The molecule has 1 aromatic carbocycles. The van der Waals surface area contributed by atoms with Crippen LogP contribution in [0.4, 0.5) is 5.69 Å². The Morgan fingerprint density at radius 3 is 2.58 bits per heavy atom. The van der Waals surface area contributed by atoms with Crippen LogP contribution in [0.2, 0.25) is 0 Å². The van der Waals surface area contributed by atoms with E-state index in [2.05, 4.69) is 5.32 Å². The average molecular weight is 405 g/mol. The van der Waals surface area contributed by atoms with Crippen molar-refractivity contribution in [3.63, 3.8) is 0 Å². The standard InChI is InChI=1S/C16H24N2O6S2/c1-4-24-14-6-5-13(10-15(14)26(22,23)18(2)3)17-16(19)9-12-7-8-25(20,21)11-12/h5-6,10,12H,4,7-9,11H2,1-3H3,(H,17,19)/t12-/m1/s1. The second kappa shape index (κ2) is 7.93. The van der Waals surface area contributed by atoms with Crippen molar-refractivity contribution >= 4 is 31.5 Å². The zero-order valence-electron chi connectivity index (χ0n) is 15.1. The molecular weight excluding hydrogens is 380 g/mol. The van der Waals surface area contributed by atoms with Gasteiger partial charge >= 0.3 is 0 Å². The highest BCUT2D eigenvalue weighted by atomic mass is 32.2. The highest BCUT2D eigenvalue weighted by Crippen LogP contribution is 2.29. The molecule has 0 spiro atoms. The van der Waals surface area contributed by atoms with Gasteiger partial charge in [0.05, 0.1) is 18.1 Å². The molecule has 8 nitrogen and oxygen atoms in total. The molecule has 1 aliphatic heterocycles. The van der Waals surface area contributed by atoms with E-state index in [1.54, 1.807) is 13.0 Å². The van der Waals surface area contributed by atoms with Crippen LogP contribution in [0.3, 0.4) is 0 Å². The second-order valence-corrected chi connectivity index (χ2v) is 10.8. The second-order valence-electron chi connectivity index (χ2n) is 6.40. The fraction of sp³-hybridized carbons (Fsp3) is 0.562. The quantitative estimate of drug-likeness (QED) is 0.729. The SMILES string of the molecule is CCOc1ccc(NC(=O)C[C@H]2CCS(=O)(=O)C2)cc1S(=O)(=O)N(C)C. The molecule has 1 amide bonds. The van der Waals surface area contributed by atoms with Gasteiger partial charge in [-0.15, -0.1) is 0 Å². The first-order valence-corrected chi connectivity index (χ1v) is 11.5. The molecule has 0 saturated carbocycles. The third-order valence-corrected chi connectivity index (χ3v) is 7.76. The van der Waals surface area contributed by atoms with Crippen molar-refractivity contribution in [1.29, 1.82) is 0 Å². The molecule has 0 aliphatic carbocycles. The highest BCUT2D eigenvalue weighted by molar-refractivity contribution is 7.91. The lowest BCUT2D eigenvalue weighted by molar-refractivity contribution is -0.116. The summed E-state index contributed by atoms with van der Waals surface area (Å²) < 4.78 is 54.4. The van der Waals surface area contributed by atoms with E-state index in [0.29, 0.717) is 18.7 Å². The number of anilines is 1. The Labute approximate surface area is 154 Å². The molecule has 0 unspecified atom stereocenters. The molecule has 1 N–H and O–H groups in total. The van der Waals surface area contributed by atoms with Gasteiger partial charge in [-0.2, -0.15) is 0 Å². The number of hydrogen-bond acceptors (Lipinski definition) is 6. The van der Waals surface area contributed by atoms with Crippen molar-refractivity contribution in [3.8, 4) is 5.75 Å². The average Bonchev–Trinajstić information content (AvgIpc) is 2.87. The lowest BCUT2D eigenvalue weighted by Crippen LogP contribution is -2.23. The summed E-state index contributed by atoms with van der Waals surface area (Å²) >= 11 is 0. The number of amides is 1. The molecule has 1 saturated heterocycles. The Balaban J connectivity index is 2.18. The monoisotopic (exact) mass is 404 g/mol. The summed E-state index contributed by atoms with van der Waals surface area (Å²) in [6.45, 7) is 2.05. The molecule has 2 rings (SSSR count). The van der Waals surface area contributed by atoms with Crippen LogP contribution in [0, 0.1) is 5.92 Å². The first kappa shape index (κ1) is 20.7.